The highest BCUT2D eigenvalue weighted by Gasteiger charge is 2.24. The smallest absolute Gasteiger partial charge is 0.230 e. The van der Waals surface area contributed by atoms with Gasteiger partial charge in [0.2, 0.25) is 11.8 Å². The normalized spacial score (nSPS) is 18.9. The molecular formula is C17H25N3O2S. The first-order valence-electron chi connectivity index (χ1n) is 8.20. The highest BCUT2D eigenvalue weighted by molar-refractivity contribution is 7.09. The lowest BCUT2D eigenvalue weighted by Crippen LogP contribution is -2.31. The van der Waals surface area contributed by atoms with Crippen molar-refractivity contribution in [3.63, 3.8) is 0 Å². The number of thiophene rings is 1. The van der Waals surface area contributed by atoms with E-state index in [1.807, 2.05) is 0 Å². The monoisotopic (exact) mass is 335 g/mol. The number of rotatable bonds is 6. The van der Waals surface area contributed by atoms with Crippen molar-refractivity contribution in [1.29, 1.82) is 0 Å². The van der Waals surface area contributed by atoms with Crippen LogP contribution in [0.25, 0.3) is 0 Å². The van der Waals surface area contributed by atoms with Crippen LogP contribution in [0.4, 0.5) is 0 Å². The standard InChI is InChI=1S/C17H25N3O2S/c1-17(2,3)16-19-18-15(22-16)12-20(10-13-6-4-8-21-13)11-14-7-5-9-23-14/h5,7,9,13H,4,6,8,10-12H2,1-3H3/t13-/m1/s1. The molecule has 23 heavy (non-hydrogen) atoms. The molecule has 1 aliphatic rings. The van der Waals surface area contributed by atoms with Gasteiger partial charge in [-0.25, -0.2) is 0 Å². The van der Waals surface area contributed by atoms with Crippen LogP contribution >= 0.6 is 11.3 Å². The Kier molecular flexibility index (Phi) is 5.14. The molecule has 0 saturated carbocycles. The number of nitrogens with zero attached hydrogens (tertiary/aromatic N) is 3. The molecule has 0 aliphatic carbocycles. The maximum Gasteiger partial charge on any atom is 0.230 e. The van der Waals surface area contributed by atoms with Crippen LogP contribution < -0.4 is 0 Å². The van der Waals surface area contributed by atoms with E-state index < -0.39 is 0 Å². The van der Waals surface area contributed by atoms with Crippen molar-refractivity contribution in [1.82, 2.24) is 15.1 Å². The van der Waals surface area contributed by atoms with E-state index in [9.17, 15) is 0 Å². The summed E-state index contributed by atoms with van der Waals surface area (Å²) in [6.07, 6.45) is 2.62. The van der Waals surface area contributed by atoms with Crippen LogP contribution in [0.5, 0.6) is 0 Å². The fourth-order valence-electron chi connectivity index (χ4n) is 2.70. The van der Waals surface area contributed by atoms with E-state index in [-0.39, 0.29) is 5.41 Å². The molecule has 0 unspecified atom stereocenters. The molecule has 3 rings (SSSR count). The molecule has 5 nitrogen and oxygen atoms in total. The summed E-state index contributed by atoms with van der Waals surface area (Å²) in [6, 6.07) is 4.26. The first-order chi connectivity index (χ1) is 11.0. The van der Waals surface area contributed by atoms with E-state index in [1.165, 1.54) is 4.88 Å². The van der Waals surface area contributed by atoms with Gasteiger partial charge in [0, 0.05) is 30.0 Å². The molecule has 126 valence electrons. The lowest BCUT2D eigenvalue weighted by atomic mass is 9.97. The number of hydrogen-bond acceptors (Lipinski definition) is 6. The summed E-state index contributed by atoms with van der Waals surface area (Å²) in [4.78, 5) is 3.69. The Morgan fingerprint density at radius 1 is 1.30 bits per heavy atom. The Labute approximate surface area is 141 Å². The van der Waals surface area contributed by atoms with E-state index in [2.05, 4.69) is 53.4 Å². The van der Waals surface area contributed by atoms with E-state index in [1.54, 1.807) is 11.3 Å². The van der Waals surface area contributed by atoms with Gasteiger partial charge in [-0.15, -0.1) is 21.5 Å². The molecule has 0 amide bonds. The van der Waals surface area contributed by atoms with E-state index in [0.29, 0.717) is 24.4 Å². The number of ether oxygens (including phenoxy) is 1. The summed E-state index contributed by atoms with van der Waals surface area (Å²) in [5, 5.41) is 10.5. The maximum absolute atomic E-state index is 5.86. The van der Waals surface area contributed by atoms with Gasteiger partial charge in [0.1, 0.15) is 0 Å². The minimum Gasteiger partial charge on any atom is -0.423 e. The maximum atomic E-state index is 5.86. The van der Waals surface area contributed by atoms with Gasteiger partial charge >= 0.3 is 0 Å². The minimum absolute atomic E-state index is 0.113. The molecule has 0 spiro atoms. The lowest BCUT2D eigenvalue weighted by Gasteiger charge is -2.23. The zero-order valence-electron chi connectivity index (χ0n) is 14.1. The predicted molar refractivity (Wildman–Crippen MR) is 90.4 cm³/mol. The highest BCUT2D eigenvalue weighted by atomic mass is 32.1. The van der Waals surface area contributed by atoms with Crippen molar-refractivity contribution in [2.24, 2.45) is 0 Å². The summed E-state index contributed by atoms with van der Waals surface area (Å²) in [6.45, 7) is 9.60. The summed E-state index contributed by atoms with van der Waals surface area (Å²) >= 11 is 1.78. The summed E-state index contributed by atoms with van der Waals surface area (Å²) < 4.78 is 11.7. The third-order valence-corrected chi connectivity index (χ3v) is 4.77. The van der Waals surface area contributed by atoms with Crippen LogP contribution in [0.3, 0.4) is 0 Å². The van der Waals surface area contributed by atoms with Crippen LogP contribution in [0.2, 0.25) is 0 Å². The third kappa shape index (κ3) is 4.62. The van der Waals surface area contributed by atoms with Gasteiger partial charge in [-0.05, 0) is 24.3 Å². The zero-order chi connectivity index (χ0) is 16.3. The van der Waals surface area contributed by atoms with Gasteiger partial charge in [0.05, 0.1) is 12.6 Å². The Morgan fingerprint density at radius 2 is 2.17 bits per heavy atom. The SMILES string of the molecule is CC(C)(C)c1nnc(CN(Cc2cccs2)C[C@H]2CCCO2)o1. The first kappa shape index (κ1) is 16.6. The molecule has 1 atom stereocenters. The van der Waals surface area contributed by atoms with Crippen molar-refractivity contribution >= 4 is 11.3 Å². The Morgan fingerprint density at radius 3 is 2.78 bits per heavy atom. The number of hydrogen-bond donors (Lipinski definition) is 0. The van der Waals surface area contributed by atoms with Crippen molar-refractivity contribution in [2.75, 3.05) is 13.2 Å². The van der Waals surface area contributed by atoms with E-state index in [4.69, 9.17) is 9.15 Å². The molecule has 1 aliphatic heterocycles. The van der Waals surface area contributed by atoms with Crippen LogP contribution in [-0.4, -0.2) is 34.4 Å². The molecule has 3 heterocycles. The second-order valence-corrected chi connectivity index (χ2v) is 8.17. The van der Waals surface area contributed by atoms with Crippen LogP contribution in [0.1, 0.15) is 50.3 Å². The number of aromatic nitrogens is 2. The summed E-state index contributed by atoms with van der Waals surface area (Å²) in [7, 11) is 0. The van der Waals surface area contributed by atoms with Gasteiger partial charge < -0.3 is 9.15 Å². The molecule has 6 heteroatoms. The molecule has 0 aromatic carbocycles. The Bertz CT molecular complexity index is 598. The van der Waals surface area contributed by atoms with Crippen molar-refractivity contribution in [3.8, 4) is 0 Å². The van der Waals surface area contributed by atoms with Gasteiger partial charge in [0.15, 0.2) is 0 Å². The third-order valence-electron chi connectivity index (χ3n) is 3.91. The molecule has 0 radical (unpaired) electrons. The fourth-order valence-corrected chi connectivity index (χ4v) is 3.44. The van der Waals surface area contributed by atoms with Crippen molar-refractivity contribution < 1.29 is 9.15 Å². The van der Waals surface area contributed by atoms with Crippen LogP contribution in [0, 0.1) is 0 Å². The van der Waals surface area contributed by atoms with Crippen LogP contribution in [0.15, 0.2) is 21.9 Å². The predicted octanol–water partition coefficient (Wildman–Crippen LogP) is 3.61. The van der Waals surface area contributed by atoms with E-state index >= 15 is 0 Å². The van der Waals surface area contributed by atoms with E-state index in [0.717, 1.165) is 32.5 Å². The zero-order valence-corrected chi connectivity index (χ0v) is 14.9. The minimum atomic E-state index is -0.113. The largest absolute Gasteiger partial charge is 0.423 e. The fraction of sp³-hybridized carbons (Fsp3) is 0.647. The lowest BCUT2D eigenvalue weighted by molar-refractivity contribution is 0.0649. The van der Waals surface area contributed by atoms with Crippen molar-refractivity contribution in [3.05, 3.63) is 34.2 Å². The average Bonchev–Trinajstić information content (AvgIpc) is 3.18. The average molecular weight is 335 g/mol. The molecule has 2 aromatic heterocycles. The quantitative estimate of drug-likeness (QED) is 0.807. The Balaban J connectivity index is 1.68. The molecule has 0 bridgehead atoms. The van der Waals surface area contributed by atoms with Gasteiger partial charge in [0.25, 0.3) is 0 Å². The second kappa shape index (κ2) is 7.11. The highest BCUT2D eigenvalue weighted by Crippen LogP contribution is 2.22. The molecule has 1 saturated heterocycles. The molecule has 2 aromatic rings. The molecular weight excluding hydrogens is 310 g/mol. The van der Waals surface area contributed by atoms with Crippen LogP contribution in [-0.2, 0) is 23.2 Å². The molecule has 0 N–H and O–H groups in total. The summed E-state index contributed by atoms with van der Waals surface area (Å²) in [5.41, 5.74) is -0.113. The second-order valence-electron chi connectivity index (χ2n) is 7.13. The van der Waals surface area contributed by atoms with Crippen molar-refractivity contribution in [2.45, 2.75) is 58.2 Å². The van der Waals surface area contributed by atoms with Gasteiger partial charge in [-0.3, -0.25) is 4.90 Å². The Hall–Kier alpha value is -1.24. The van der Waals surface area contributed by atoms with Gasteiger partial charge in [-0.1, -0.05) is 26.8 Å². The van der Waals surface area contributed by atoms with Gasteiger partial charge in [-0.2, -0.15) is 0 Å². The summed E-state index contributed by atoms with van der Waals surface area (Å²) in [5.74, 6) is 1.38. The molecule has 1 fully saturated rings. The first-order valence-corrected chi connectivity index (χ1v) is 9.08. The topological polar surface area (TPSA) is 51.4 Å².